The summed E-state index contributed by atoms with van der Waals surface area (Å²) in [5, 5.41) is 2.84. The molecule has 4 rings (SSSR count). The summed E-state index contributed by atoms with van der Waals surface area (Å²) < 4.78 is 63.7. The van der Waals surface area contributed by atoms with E-state index in [0.29, 0.717) is 12.1 Å². The Balaban J connectivity index is 1.53. The van der Waals surface area contributed by atoms with Gasteiger partial charge in [-0.3, -0.25) is 4.79 Å². The molecule has 38 heavy (non-hydrogen) atoms. The number of hydrogen-bond acceptors (Lipinski definition) is 6. The van der Waals surface area contributed by atoms with E-state index in [1.807, 2.05) is 19.9 Å². The third-order valence-electron chi connectivity index (χ3n) is 6.72. The average Bonchev–Trinajstić information content (AvgIpc) is 2.90. The highest BCUT2D eigenvalue weighted by Crippen LogP contribution is 2.36. The van der Waals surface area contributed by atoms with Crippen LogP contribution in [0.15, 0.2) is 59.6 Å². The molecule has 7 nitrogen and oxygen atoms in total. The zero-order valence-electron chi connectivity index (χ0n) is 21.3. The minimum absolute atomic E-state index is 0.000450. The number of nitrogens with one attached hydrogen (secondary N) is 1. The summed E-state index contributed by atoms with van der Waals surface area (Å²) >= 11 is 0. The number of anilines is 1. The predicted octanol–water partition coefficient (Wildman–Crippen LogP) is 4.98. The van der Waals surface area contributed by atoms with Crippen molar-refractivity contribution >= 4 is 21.7 Å². The molecule has 1 N–H and O–H groups in total. The maximum absolute atomic E-state index is 13.2. The number of benzene rings is 2. The van der Waals surface area contributed by atoms with E-state index in [1.165, 1.54) is 12.1 Å². The first kappa shape index (κ1) is 27.6. The highest BCUT2D eigenvalue weighted by Gasteiger charge is 2.35. The van der Waals surface area contributed by atoms with Crippen molar-refractivity contribution in [2.24, 2.45) is 5.92 Å². The number of amides is 1. The first-order valence-corrected chi connectivity index (χ1v) is 13.9. The van der Waals surface area contributed by atoms with Gasteiger partial charge in [-0.1, -0.05) is 39.0 Å². The van der Waals surface area contributed by atoms with Crippen LogP contribution in [0.25, 0.3) is 0 Å². The van der Waals surface area contributed by atoms with E-state index in [1.54, 1.807) is 36.1 Å². The quantitative estimate of drug-likeness (QED) is 0.450. The molecule has 0 aliphatic carbocycles. The van der Waals surface area contributed by atoms with Gasteiger partial charge in [-0.05, 0) is 52.9 Å². The van der Waals surface area contributed by atoms with Gasteiger partial charge < -0.3 is 10.2 Å². The number of sulfone groups is 1. The molecule has 11 heteroatoms. The SMILES string of the molecule is CCS(=O)(=O)c1ccc(CNC(=O)c2ccc3c(c2)CN(c2nccc(C(F)(F)F)n2)CC3C(C)C)cc1. The standard InChI is InChI=1S/C27H29F3N4O3S/c1-4-38(36,37)21-8-5-18(6-9-21)14-32-25(35)19-7-10-22-20(13-19)15-34(16-23(22)17(2)3)26-31-12-11-24(33-26)27(28,29)30/h5-13,17,23H,4,14-16H2,1-3H3,(H,32,35). The first-order chi connectivity index (χ1) is 17.9. The molecule has 3 aromatic rings. The summed E-state index contributed by atoms with van der Waals surface area (Å²) in [6, 6.07) is 12.6. The van der Waals surface area contributed by atoms with Gasteiger partial charge in [0.25, 0.3) is 5.91 Å². The maximum Gasteiger partial charge on any atom is 0.433 e. The Kier molecular flexibility index (Phi) is 7.78. The average molecular weight is 547 g/mol. The van der Waals surface area contributed by atoms with E-state index in [2.05, 4.69) is 15.3 Å². The molecule has 1 aliphatic rings. The Labute approximate surface area is 220 Å². The number of rotatable bonds is 7. The van der Waals surface area contributed by atoms with Crippen LogP contribution in [0.3, 0.4) is 0 Å². The van der Waals surface area contributed by atoms with Crippen molar-refractivity contribution in [2.45, 2.75) is 50.9 Å². The molecular formula is C27H29F3N4O3S. The fraction of sp³-hybridized carbons (Fsp3) is 0.370. The van der Waals surface area contributed by atoms with Gasteiger partial charge >= 0.3 is 6.18 Å². The minimum Gasteiger partial charge on any atom is -0.348 e. The number of halogens is 3. The van der Waals surface area contributed by atoms with Crippen molar-refractivity contribution in [3.8, 4) is 0 Å². The molecule has 1 amide bonds. The Morgan fingerprint density at radius 3 is 2.47 bits per heavy atom. The van der Waals surface area contributed by atoms with E-state index < -0.39 is 21.7 Å². The number of hydrogen-bond donors (Lipinski definition) is 1. The third kappa shape index (κ3) is 5.98. The van der Waals surface area contributed by atoms with Gasteiger partial charge in [-0.25, -0.2) is 18.4 Å². The second kappa shape index (κ2) is 10.7. The van der Waals surface area contributed by atoms with Gasteiger partial charge in [0.15, 0.2) is 9.84 Å². The Bertz CT molecular complexity index is 1420. The Morgan fingerprint density at radius 2 is 1.84 bits per heavy atom. The summed E-state index contributed by atoms with van der Waals surface area (Å²) in [6.45, 7) is 6.61. The molecule has 202 valence electrons. The summed E-state index contributed by atoms with van der Waals surface area (Å²) in [4.78, 5) is 22.7. The summed E-state index contributed by atoms with van der Waals surface area (Å²) in [6.07, 6.45) is -3.46. The van der Waals surface area contributed by atoms with Crippen molar-refractivity contribution in [1.82, 2.24) is 15.3 Å². The highest BCUT2D eigenvalue weighted by molar-refractivity contribution is 7.91. The summed E-state index contributed by atoms with van der Waals surface area (Å²) in [7, 11) is -3.30. The summed E-state index contributed by atoms with van der Waals surface area (Å²) in [5.41, 5.74) is 2.05. The van der Waals surface area contributed by atoms with E-state index in [4.69, 9.17) is 0 Å². The van der Waals surface area contributed by atoms with Crippen LogP contribution in [-0.4, -0.2) is 36.6 Å². The van der Waals surface area contributed by atoms with Crippen LogP contribution >= 0.6 is 0 Å². The Hall–Kier alpha value is -3.47. The van der Waals surface area contributed by atoms with Gasteiger partial charge in [0.1, 0.15) is 5.69 Å². The topological polar surface area (TPSA) is 92.3 Å². The minimum atomic E-state index is -4.57. The lowest BCUT2D eigenvalue weighted by molar-refractivity contribution is -0.141. The molecule has 0 fully saturated rings. The molecule has 0 spiro atoms. The van der Waals surface area contributed by atoms with Crippen LogP contribution in [0.5, 0.6) is 0 Å². The molecule has 0 saturated heterocycles. The molecule has 2 aromatic carbocycles. The van der Waals surface area contributed by atoms with Crippen LogP contribution in [0, 0.1) is 5.92 Å². The predicted molar refractivity (Wildman–Crippen MR) is 137 cm³/mol. The van der Waals surface area contributed by atoms with Crippen molar-refractivity contribution in [1.29, 1.82) is 0 Å². The van der Waals surface area contributed by atoms with Crippen LogP contribution in [0.1, 0.15) is 59.4 Å². The Morgan fingerprint density at radius 1 is 1.13 bits per heavy atom. The van der Waals surface area contributed by atoms with Crippen molar-refractivity contribution < 1.29 is 26.4 Å². The van der Waals surface area contributed by atoms with Crippen LogP contribution in [0.2, 0.25) is 0 Å². The van der Waals surface area contributed by atoms with E-state index in [-0.39, 0.29) is 47.4 Å². The van der Waals surface area contributed by atoms with E-state index in [9.17, 15) is 26.4 Å². The highest BCUT2D eigenvalue weighted by atomic mass is 32.2. The largest absolute Gasteiger partial charge is 0.433 e. The van der Waals surface area contributed by atoms with Gasteiger partial charge in [-0.2, -0.15) is 13.2 Å². The number of nitrogens with zero attached hydrogens (tertiary/aromatic N) is 3. The number of carbonyl (C=O) groups is 1. The number of carbonyl (C=O) groups excluding carboxylic acids is 1. The van der Waals surface area contributed by atoms with Crippen LogP contribution in [-0.2, 0) is 29.1 Å². The summed E-state index contributed by atoms with van der Waals surface area (Å²) in [5.74, 6) is -0.0873. The molecule has 1 aliphatic heterocycles. The molecule has 1 aromatic heterocycles. The lowest BCUT2D eigenvalue weighted by atomic mass is 9.82. The second-order valence-electron chi connectivity index (χ2n) is 9.61. The van der Waals surface area contributed by atoms with E-state index >= 15 is 0 Å². The number of alkyl halides is 3. The van der Waals surface area contributed by atoms with Gasteiger partial charge in [0, 0.05) is 37.3 Å². The fourth-order valence-electron chi connectivity index (χ4n) is 4.50. The number of fused-ring (bicyclic) bond motifs is 1. The van der Waals surface area contributed by atoms with Crippen molar-refractivity contribution in [3.63, 3.8) is 0 Å². The smallest absolute Gasteiger partial charge is 0.348 e. The van der Waals surface area contributed by atoms with Crippen LogP contribution < -0.4 is 10.2 Å². The first-order valence-electron chi connectivity index (χ1n) is 12.3. The third-order valence-corrected chi connectivity index (χ3v) is 8.47. The monoisotopic (exact) mass is 546 g/mol. The molecule has 0 bridgehead atoms. The normalized spacial score (nSPS) is 15.9. The molecular weight excluding hydrogens is 517 g/mol. The molecule has 1 atom stereocenters. The maximum atomic E-state index is 13.2. The fourth-order valence-corrected chi connectivity index (χ4v) is 5.38. The molecule has 1 unspecified atom stereocenters. The van der Waals surface area contributed by atoms with Crippen molar-refractivity contribution in [3.05, 3.63) is 82.7 Å². The molecule has 0 saturated carbocycles. The van der Waals surface area contributed by atoms with E-state index in [0.717, 1.165) is 29.0 Å². The lowest BCUT2D eigenvalue weighted by Gasteiger charge is -2.37. The number of aromatic nitrogens is 2. The van der Waals surface area contributed by atoms with Gasteiger partial charge in [-0.15, -0.1) is 0 Å². The van der Waals surface area contributed by atoms with Crippen LogP contribution in [0.4, 0.5) is 19.1 Å². The zero-order valence-corrected chi connectivity index (χ0v) is 22.1. The second-order valence-corrected chi connectivity index (χ2v) is 11.9. The zero-order chi connectivity index (χ0) is 27.7. The van der Waals surface area contributed by atoms with Gasteiger partial charge in [0.2, 0.25) is 5.95 Å². The lowest BCUT2D eigenvalue weighted by Crippen LogP contribution is -2.37. The molecule has 2 heterocycles. The van der Waals surface area contributed by atoms with Gasteiger partial charge in [0.05, 0.1) is 10.6 Å². The molecule has 0 radical (unpaired) electrons. The van der Waals surface area contributed by atoms with Crippen molar-refractivity contribution in [2.75, 3.05) is 17.2 Å².